The number of ether oxygens (including phenoxy) is 1. The van der Waals surface area contributed by atoms with Gasteiger partial charge in [0.25, 0.3) is 0 Å². The minimum absolute atomic E-state index is 0.363. The van der Waals surface area contributed by atoms with Crippen molar-refractivity contribution in [3.63, 3.8) is 0 Å². The van der Waals surface area contributed by atoms with E-state index in [0.29, 0.717) is 6.10 Å². The highest BCUT2D eigenvalue weighted by Gasteiger charge is 2.13. The van der Waals surface area contributed by atoms with E-state index in [2.05, 4.69) is 27.9 Å². The maximum absolute atomic E-state index is 5.71. The smallest absolute Gasteiger partial charge is 0.0747 e. The van der Waals surface area contributed by atoms with Crippen LogP contribution in [0.3, 0.4) is 0 Å². The lowest BCUT2D eigenvalue weighted by molar-refractivity contribution is 0.0247. The molecule has 0 bridgehead atoms. The third kappa shape index (κ3) is 3.25. The number of nitrogen functional groups attached to an aromatic ring is 1. The van der Waals surface area contributed by atoms with E-state index < -0.39 is 0 Å². The molecule has 1 unspecified atom stereocenters. The molecule has 0 amide bonds. The van der Waals surface area contributed by atoms with Crippen molar-refractivity contribution in [3.8, 4) is 0 Å². The summed E-state index contributed by atoms with van der Waals surface area (Å²) in [7, 11) is 0. The van der Waals surface area contributed by atoms with Crippen LogP contribution in [0, 0.1) is 3.57 Å². The van der Waals surface area contributed by atoms with Gasteiger partial charge in [-0.3, -0.25) is 0 Å². The van der Waals surface area contributed by atoms with Gasteiger partial charge in [0, 0.05) is 28.1 Å². The maximum atomic E-state index is 5.71. The molecular formula is C12H17IN2O. The molecule has 1 fully saturated rings. The summed E-state index contributed by atoms with van der Waals surface area (Å²) in [6.45, 7) is 1.80. The standard InChI is InChI=1S/C12H17IN2O/c13-11-7-9(14)4-5-12(11)15-8-10-3-1-2-6-16-10/h4-5,7,10,15H,1-3,6,8,14H2. The number of benzene rings is 1. The van der Waals surface area contributed by atoms with Gasteiger partial charge in [0.15, 0.2) is 0 Å². The molecule has 1 saturated heterocycles. The van der Waals surface area contributed by atoms with Gasteiger partial charge in [0.1, 0.15) is 0 Å². The van der Waals surface area contributed by atoms with E-state index in [4.69, 9.17) is 10.5 Å². The second kappa shape index (κ2) is 5.72. The number of hydrogen-bond donors (Lipinski definition) is 2. The molecule has 0 aliphatic carbocycles. The number of nitrogens with two attached hydrogens (primary N) is 1. The molecule has 88 valence electrons. The van der Waals surface area contributed by atoms with Gasteiger partial charge >= 0.3 is 0 Å². The fourth-order valence-corrected chi connectivity index (χ4v) is 2.60. The fraction of sp³-hybridized carbons (Fsp3) is 0.500. The quantitative estimate of drug-likeness (QED) is 0.661. The Bertz CT molecular complexity index is 351. The lowest BCUT2D eigenvalue weighted by Crippen LogP contribution is -2.27. The minimum Gasteiger partial charge on any atom is -0.399 e. The van der Waals surface area contributed by atoms with Gasteiger partial charge < -0.3 is 15.8 Å². The van der Waals surface area contributed by atoms with Crippen molar-refractivity contribution in [1.82, 2.24) is 0 Å². The Labute approximate surface area is 110 Å². The van der Waals surface area contributed by atoms with E-state index >= 15 is 0 Å². The third-order valence-corrected chi connectivity index (χ3v) is 3.68. The van der Waals surface area contributed by atoms with Crippen molar-refractivity contribution >= 4 is 34.0 Å². The second-order valence-electron chi connectivity index (χ2n) is 4.11. The Morgan fingerprint density at radius 2 is 2.31 bits per heavy atom. The Morgan fingerprint density at radius 3 is 3.00 bits per heavy atom. The van der Waals surface area contributed by atoms with Crippen molar-refractivity contribution in [1.29, 1.82) is 0 Å². The zero-order valence-corrected chi connectivity index (χ0v) is 11.4. The van der Waals surface area contributed by atoms with E-state index in [9.17, 15) is 0 Å². The molecule has 1 heterocycles. The first kappa shape index (κ1) is 12.0. The topological polar surface area (TPSA) is 47.3 Å². The SMILES string of the molecule is Nc1ccc(NCC2CCCCO2)c(I)c1. The lowest BCUT2D eigenvalue weighted by Gasteiger charge is -2.23. The van der Waals surface area contributed by atoms with Crippen molar-refractivity contribution in [2.45, 2.75) is 25.4 Å². The third-order valence-electron chi connectivity index (χ3n) is 2.79. The van der Waals surface area contributed by atoms with Crippen LogP contribution in [-0.4, -0.2) is 19.3 Å². The van der Waals surface area contributed by atoms with E-state index in [1.165, 1.54) is 19.3 Å². The van der Waals surface area contributed by atoms with E-state index in [-0.39, 0.29) is 0 Å². The normalized spacial score (nSPS) is 20.7. The first-order chi connectivity index (χ1) is 7.75. The van der Waals surface area contributed by atoms with Crippen LogP contribution < -0.4 is 11.1 Å². The average Bonchev–Trinajstić information content (AvgIpc) is 2.29. The summed E-state index contributed by atoms with van der Waals surface area (Å²) in [6, 6.07) is 5.93. The van der Waals surface area contributed by atoms with Gasteiger partial charge in [0.2, 0.25) is 0 Å². The van der Waals surface area contributed by atoms with Gasteiger partial charge in [-0.1, -0.05) is 0 Å². The number of halogens is 1. The zero-order chi connectivity index (χ0) is 11.4. The van der Waals surface area contributed by atoms with Crippen LogP contribution in [0.15, 0.2) is 18.2 Å². The van der Waals surface area contributed by atoms with Crippen molar-refractivity contribution in [3.05, 3.63) is 21.8 Å². The summed E-state index contributed by atoms with van der Waals surface area (Å²) < 4.78 is 6.83. The van der Waals surface area contributed by atoms with E-state index in [1.807, 2.05) is 18.2 Å². The van der Waals surface area contributed by atoms with Crippen molar-refractivity contribution in [2.75, 3.05) is 24.2 Å². The van der Waals surface area contributed by atoms with Gasteiger partial charge in [-0.25, -0.2) is 0 Å². The first-order valence-corrected chi connectivity index (χ1v) is 6.74. The van der Waals surface area contributed by atoms with Crippen LogP contribution in [0.5, 0.6) is 0 Å². The number of hydrogen-bond acceptors (Lipinski definition) is 3. The van der Waals surface area contributed by atoms with Crippen LogP contribution in [-0.2, 0) is 4.74 Å². The van der Waals surface area contributed by atoms with Gasteiger partial charge in [-0.05, 0) is 60.1 Å². The van der Waals surface area contributed by atoms with E-state index in [1.54, 1.807) is 0 Å². The fourth-order valence-electron chi connectivity index (χ4n) is 1.87. The van der Waals surface area contributed by atoms with Gasteiger partial charge in [-0.15, -0.1) is 0 Å². The van der Waals surface area contributed by atoms with Crippen LogP contribution in [0.25, 0.3) is 0 Å². The molecule has 0 saturated carbocycles. The summed E-state index contributed by atoms with van der Waals surface area (Å²) in [5.41, 5.74) is 7.66. The molecule has 2 rings (SSSR count). The number of rotatable bonds is 3. The maximum Gasteiger partial charge on any atom is 0.0747 e. The summed E-state index contributed by atoms with van der Waals surface area (Å²) >= 11 is 2.30. The zero-order valence-electron chi connectivity index (χ0n) is 9.21. The van der Waals surface area contributed by atoms with Crippen LogP contribution in [0.2, 0.25) is 0 Å². The molecule has 1 aliphatic rings. The molecule has 0 spiro atoms. The molecule has 1 atom stereocenters. The highest BCUT2D eigenvalue weighted by atomic mass is 127. The Morgan fingerprint density at radius 1 is 1.44 bits per heavy atom. The van der Waals surface area contributed by atoms with E-state index in [0.717, 1.165) is 28.1 Å². The predicted octanol–water partition coefficient (Wildman–Crippen LogP) is 2.85. The average molecular weight is 332 g/mol. The van der Waals surface area contributed by atoms with Crippen LogP contribution >= 0.6 is 22.6 Å². The Hall–Kier alpha value is -0.490. The van der Waals surface area contributed by atoms with Crippen LogP contribution in [0.1, 0.15) is 19.3 Å². The number of anilines is 2. The molecule has 0 aromatic heterocycles. The monoisotopic (exact) mass is 332 g/mol. The summed E-state index contributed by atoms with van der Waals surface area (Å²) in [6.07, 6.45) is 4.02. The Kier molecular flexibility index (Phi) is 4.29. The highest BCUT2D eigenvalue weighted by Crippen LogP contribution is 2.21. The van der Waals surface area contributed by atoms with Gasteiger partial charge in [0.05, 0.1) is 6.10 Å². The molecule has 0 radical (unpaired) electrons. The first-order valence-electron chi connectivity index (χ1n) is 5.66. The summed E-state index contributed by atoms with van der Waals surface area (Å²) in [4.78, 5) is 0. The molecular weight excluding hydrogens is 315 g/mol. The molecule has 1 aliphatic heterocycles. The molecule has 1 aromatic rings. The molecule has 1 aromatic carbocycles. The molecule has 4 heteroatoms. The number of nitrogens with one attached hydrogen (secondary N) is 1. The second-order valence-corrected chi connectivity index (χ2v) is 5.27. The van der Waals surface area contributed by atoms with Crippen LogP contribution in [0.4, 0.5) is 11.4 Å². The molecule has 3 nitrogen and oxygen atoms in total. The van der Waals surface area contributed by atoms with Gasteiger partial charge in [-0.2, -0.15) is 0 Å². The van der Waals surface area contributed by atoms with Crippen molar-refractivity contribution in [2.24, 2.45) is 0 Å². The molecule has 16 heavy (non-hydrogen) atoms. The van der Waals surface area contributed by atoms with Crippen molar-refractivity contribution < 1.29 is 4.74 Å². The summed E-state index contributed by atoms with van der Waals surface area (Å²) in [5, 5.41) is 3.42. The minimum atomic E-state index is 0.363. The molecule has 3 N–H and O–H groups in total. The predicted molar refractivity (Wildman–Crippen MR) is 75.7 cm³/mol. The Balaban J connectivity index is 1.88. The lowest BCUT2D eigenvalue weighted by atomic mass is 10.1. The highest BCUT2D eigenvalue weighted by molar-refractivity contribution is 14.1. The largest absolute Gasteiger partial charge is 0.399 e. The summed E-state index contributed by atoms with van der Waals surface area (Å²) in [5.74, 6) is 0.